The molecule has 1 aromatic heterocycles. The van der Waals surface area contributed by atoms with Gasteiger partial charge in [-0.25, -0.2) is 15.2 Å². The summed E-state index contributed by atoms with van der Waals surface area (Å²) in [5, 5.41) is 3.07. The molecule has 1 aliphatic carbocycles. The highest BCUT2D eigenvalue weighted by molar-refractivity contribution is 5.41. The van der Waals surface area contributed by atoms with E-state index in [0.717, 1.165) is 6.20 Å². The third kappa shape index (κ3) is 2.21. The second kappa shape index (κ2) is 4.61. The topological polar surface area (TPSA) is 75.9 Å². The second-order valence-corrected chi connectivity index (χ2v) is 4.16. The monoisotopic (exact) mass is 225 g/mol. The van der Waals surface area contributed by atoms with Crippen molar-refractivity contribution in [3.05, 3.63) is 12.0 Å². The summed E-state index contributed by atoms with van der Waals surface area (Å²) in [6.45, 7) is 2.04. The molecule has 1 aromatic rings. The lowest BCUT2D eigenvalue weighted by Gasteiger charge is -2.32. The van der Waals surface area contributed by atoms with Crippen LogP contribution in [0.4, 0.5) is 16.2 Å². The van der Waals surface area contributed by atoms with Gasteiger partial charge < -0.3 is 5.32 Å². The van der Waals surface area contributed by atoms with Crippen LogP contribution in [0.2, 0.25) is 0 Å². The minimum Gasteiger partial charge on any atom is -0.365 e. The number of rotatable bonds is 4. The number of anilines is 2. The van der Waals surface area contributed by atoms with E-state index in [2.05, 4.69) is 20.7 Å². The van der Waals surface area contributed by atoms with Crippen molar-refractivity contribution in [2.45, 2.75) is 32.2 Å². The SMILES string of the molecule is CC(Nc1nc(NN)ncc1F)C1CCC1. The summed E-state index contributed by atoms with van der Waals surface area (Å²) in [5.41, 5.74) is 2.30. The van der Waals surface area contributed by atoms with Crippen LogP contribution >= 0.6 is 0 Å². The van der Waals surface area contributed by atoms with E-state index in [4.69, 9.17) is 5.84 Å². The lowest BCUT2D eigenvalue weighted by molar-refractivity contribution is 0.284. The minimum absolute atomic E-state index is 0.211. The number of nitrogens with one attached hydrogen (secondary N) is 2. The predicted molar refractivity (Wildman–Crippen MR) is 60.2 cm³/mol. The summed E-state index contributed by atoms with van der Waals surface area (Å²) in [6.07, 6.45) is 4.77. The highest BCUT2D eigenvalue weighted by Gasteiger charge is 2.24. The molecule has 1 atom stereocenters. The third-order valence-corrected chi connectivity index (χ3v) is 3.09. The summed E-state index contributed by atoms with van der Waals surface area (Å²) in [7, 11) is 0. The molecule has 4 N–H and O–H groups in total. The maximum absolute atomic E-state index is 13.4. The van der Waals surface area contributed by atoms with E-state index in [1.165, 1.54) is 19.3 Å². The van der Waals surface area contributed by atoms with Gasteiger partial charge in [0.2, 0.25) is 5.95 Å². The van der Waals surface area contributed by atoms with Gasteiger partial charge in [0, 0.05) is 6.04 Å². The van der Waals surface area contributed by atoms with Crippen molar-refractivity contribution in [3.8, 4) is 0 Å². The fraction of sp³-hybridized carbons (Fsp3) is 0.600. The van der Waals surface area contributed by atoms with Crippen molar-refractivity contribution in [2.75, 3.05) is 10.7 Å². The van der Waals surface area contributed by atoms with Crippen molar-refractivity contribution < 1.29 is 4.39 Å². The van der Waals surface area contributed by atoms with E-state index in [0.29, 0.717) is 5.92 Å². The van der Waals surface area contributed by atoms with Crippen molar-refractivity contribution in [3.63, 3.8) is 0 Å². The van der Waals surface area contributed by atoms with Crippen molar-refractivity contribution in [1.82, 2.24) is 9.97 Å². The first-order valence-electron chi connectivity index (χ1n) is 5.46. The molecule has 2 rings (SSSR count). The molecular weight excluding hydrogens is 209 g/mol. The number of nitrogen functional groups attached to an aromatic ring is 1. The second-order valence-electron chi connectivity index (χ2n) is 4.16. The quantitative estimate of drug-likeness (QED) is 0.535. The lowest BCUT2D eigenvalue weighted by Crippen LogP contribution is -2.31. The van der Waals surface area contributed by atoms with Crippen LogP contribution in [-0.2, 0) is 0 Å². The average molecular weight is 225 g/mol. The van der Waals surface area contributed by atoms with E-state index in [-0.39, 0.29) is 17.8 Å². The standard InChI is InChI=1S/C10H16FN5/c1-6(7-3-2-4-7)14-9-8(11)5-13-10(15-9)16-12/h5-7H,2-4,12H2,1H3,(H2,13,14,15,16). The van der Waals surface area contributed by atoms with Gasteiger partial charge in [-0.15, -0.1) is 0 Å². The number of hydrogen-bond acceptors (Lipinski definition) is 5. The van der Waals surface area contributed by atoms with Crippen LogP contribution in [0.25, 0.3) is 0 Å². The number of aromatic nitrogens is 2. The van der Waals surface area contributed by atoms with Gasteiger partial charge in [-0.3, -0.25) is 5.43 Å². The Morgan fingerprint density at radius 1 is 1.56 bits per heavy atom. The number of halogens is 1. The minimum atomic E-state index is -0.454. The number of hydrazine groups is 1. The molecule has 1 aliphatic rings. The van der Waals surface area contributed by atoms with Gasteiger partial charge in [0.25, 0.3) is 0 Å². The summed E-state index contributed by atoms with van der Waals surface area (Å²) in [5.74, 6) is 5.76. The molecule has 1 fully saturated rings. The molecule has 1 unspecified atom stereocenters. The normalized spacial score (nSPS) is 17.7. The molecule has 0 spiro atoms. The Hall–Kier alpha value is -1.43. The van der Waals surface area contributed by atoms with Gasteiger partial charge in [0.1, 0.15) is 0 Å². The summed E-state index contributed by atoms with van der Waals surface area (Å²) < 4.78 is 13.4. The van der Waals surface area contributed by atoms with Crippen LogP contribution in [-0.4, -0.2) is 16.0 Å². The first-order chi connectivity index (χ1) is 7.70. The molecule has 0 saturated heterocycles. The van der Waals surface area contributed by atoms with Crippen LogP contribution < -0.4 is 16.6 Å². The van der Waals surface area contributed by atoms with Crippen LogP contribution in [0.1, 0.15) is 26.2 Å². The van der Waals surface area contributed by atoms with E-state index >= 15 is 0 Å². The van der Waals surface area contributed by atoms with Gasteiger partial charge in [-0.05, 0) is 25.7 Å². The largest absolute Gasteiger partial charge is 0.365 e. The van der Waals surface area contributed by atoms with Crippen molar-refractivity contribution >= 4 is 11.8 Å². The molecule has 1 heterocycles. The van der Waals surface area contributed by atoms with Gasteiger partial charge >= 0.3 is 0 Å². The molecule has 0 bridgehead atoms. The Morgan fingerprint density at radius 3 is 2.88 bits per heavy atom. The third-order valence-electron chi connectivity index (χ3n) is 3.09. The highest BCUT2D eigenvalue weighted by Crippen LogP contribution is 2.31. The maximum Gasteiger partial charge on any atom is 0.239 e. The van der Waals surface area contributed by atoms with Crippen LogP contribution in [0.5, 0.6) is 0 Å². The molecule has 0 amide bonds. The van der Waals surface area contributed by atoms with E-state index in [1.807, 2.05) is 6.92 Å². The van der Waals surface area contributed by atoms with Gasteiger partial charge in [0.05, 0.1) is 6.20 Å². The lowest BCUT2D eigenvalue weighted by atomic mass is 9.80. The Balaban J connectivity index is 2.06. The Morgan fingerprint density at radius 2 is 2.31 bits per heavy atom. The summed E-state index contributed by atoms with van der Waals surface area (Å²) >= 11 is 0. The summed E-state index contributed by atoms with van der Waals surface area (Å²) in [6, 6.07) is 0.226. The van der Waals surface area contributed by atoms with Crippen molar-refractivity contribution in [1.29, 1.82) is 0 Å². The van der Waals surface area contributed by atoms with Gasteiger partial charge in [-0.1, -0.05) is 6.42 Å². The maximum atomic E-state index is 13.4. The highest BCUT2D eigenvalue weighted by atomic mass is 19.1. The number of hydrogen-bond donors (Lipinski definition) is 3. The molecule has 0 radical (unpaired) electrons. The van der Waals surface area contributed by atoms with E-state index in [9.17, 15) is 4.39 Å². The van der Waals surface area contributed by atoms with Gasteiger partial charge in [0.15, 0.2) is 11.6 Å². The van der Waals surface area contributed by atoms with Crippen LogP contribution in [0.3, 0.4) is 0 Å². The van der Waals surface area contributed by atoms with Crippen molar-refractivity contribution in [2.24, 2.45) is 11.8 Å². The summed E-state index contributed by atoms with van der Waals surface area (Å²) in [4.78, 5) is 7.62. The van der Waals surface area contributed by atoms with Gasteiger partial charge in [-0.2, -0.15) is 4.98 Å². The molecule has 6 heteroatoms. The molecule has 0 aromatic carbocycles. The molecule has 88 valence electrons. The Kier molecular flexibility index (Phi) is 3.19. The molecule has 5 nitrogen and oxygen atoms in total. The zero-order valence-corrected chi connectivity index (χ0v) is 9.20. The number of nitrogens with two attached hydrogens (primary N) is 1. The average Bonchev–Trinajstić information content (AvgIpc) is 2.18. The zero-order valence-electron chi connectivity index (χ0n) is 9.20. The van der Waals surface area contributed by atoms with Crippen LogP contribution in [0.15, 0.2) is 6.20 Å². The fourth-order valence-electron chi connectivity index (χ4n) is 1.81. The molecule has 16 heavy (non-hydrogen) atoms. The van der Waals surface area contributed by atoms with Crippen LogP contribution in [0, 0.1) is 11.7 Å². The molecule has 0 aliphatic heterocycles. The Bertz CT molecular complexity index is 366. The number of nitrogens with zero attached hydrogens (tertiary/aromatic N) is 2. The smallest absolute Gasteiger partial charge is 0.239 e. The zero-order chi connectivity index (χ0) is 11.5. The Labute approximate surface area is 93.6 Å². The first kappa shape index (κ1) is 11.1. The first-order valence-corrected chi connectivity index (χ1v) is 5.46. The fourth-order valence-corrected chi connectivity index (χ4v) is 1.81. The predicted octanol–water partition coefficient (Wildman–Crippen LogP) is 1.50. The van der Waals surface area contributed by atoms with E-state index < -0.39 is 5.82 Å². The molecule has 1 saturated carbocycles. The van der Waals surface area contributed by atoms with E-state index in [1.54, 1.807) is 0 Å². The molecular formula is C10H16FN5.